The van der Waals surface area contributed by atoms with E-state index in [2.05, 4.69) is 28.2 Å². The number of halogens is 1. The number of carbonyl (C=O) groups excluding carboxylic acids is 2. The first-order valence-corrected chi connectivity index (χ1v) is 8.56. The van der Waals surface area contributed by atoms with Gasteiger partial charge in [0.2, 0.25) is 11.8 Å². The zero-order chi connectivity index (χ0) is 16.5. The smallest absolute Gasteiger partial charge is 0.223 e. The number of hydrogen-bond donors (Lipinski definition) is 1. The van der Waals surface area contributed by atoms with Crippen LogP contribution in [0.15, 0.2) is 22.7 Å². The fourth-order valence-electron chi connectivity index (χ4n) is 2.18. The summed E-state index contributed by atoms with van der Waals surface area (Å²) < 4.78 is 0.867. The highest BCUT2D eigenvalue weighted by atomic mass is 79.9. The Morgan fingerprint density at radius 3 is 2.59 bits per heavy atom. The number of nitrogens with zero attached hydrogens (tertiary/aromatic N) is 1. The van der Waals surface area contributed by atoms with Crippen molar-refractivity contribution in [3.8, 4) is 0 Å². The fourth-order valence-corrected chi connectivity index (χ4v) is 2.89. The van der Waals surface area contributed by atoms with E-state index in [0.29, 0.717) is 19.5 Å². The molecule has 0 unspecified atom stereocenters. The number of hydrogen-bond acceptors (Lipinski definition) is 2. The second kappa shape index (κ2) is 9.62. The second-order valence-electron chi connectivity index (χ2n) is 5.43. The van der Waals surface area contributed by atoms with E-state index in [4.69, 9.17) is 0 Å². The molecular formula is C17H25BrN2O2. The first-order chi connectivity index (χ1) is 10.5. The van der Waals surface area contributed by atoms with E-state index in [1.54, 1.807) is 4.90 Å². The van der Waals surface area contributed by atoms with Crippen LogP contribution in [-0.4, -0.2) is 24.9 Å². The summed E-state index contributed by atoms with van der Waals surface area (Å²) in [4.78, 5) is 25.3. The third-order valence-electron chi connectivity index (χ3n) is 3.44. The van der Waals surface area contributed by atoms with Crippen LogP contribution < -0.4 is 10.2 Å². The summed E-state index contributed by atoms with van der Waals surface area (Å²) in [6.45, 7) is 6.74. The van der Waals surface area contributed by atoms with E-state index in [0.717, 1.165) is 35.0 Å². The molecule has 0 radical (unpaired) electrons. The summed E-state index contributed by atoms with van der Waals surface area (Å²) in [5.41, 5.74) is 1.92. The number of rotatable bonds is 8. The van der Waals surface area contributed by atoms with Gasteiger partial charge in [-0.2, -0.15) is 0 Å². The maximum atomic E-state index is 11.9. The zero-order valence-corrected chi connectivity index (χ0v) is 15.2. The van der Waals surface area contributed by atoms with Crippen molar-refractivity contribution >= 4 is 33.4 Å². The van der Waals surface area contributed by atoms with E-state index >= 15 is 0 Å². The van der Waals surface area contributed by atoms with Crippen molar-refractivity contribution in [1.82, 2.24) is 5.32 Å². The van der Waals surface area contributed by atoms with Gasteiger partial charge in [-0.15, -0.1) is 0 Å². The van der Waals surface area contributed by atoms with Gasteiger partial charge in [0.05, 0.1) is 5.69 Å². The highest BCUT2D eigenvalue weighted by Crippen LogP contribution is 2.27. The minimum atomic E-state index is -0.0664. The molecule has 0 saturated carbocycles. The summed E-state index contributed by atoms with van der Waals surface area (Å²) in [5.74, 6) is -0.0751. The molecule has 0 aliphatic heterocycles. The fraction of sp³-hybridized carbons (Fsp3) is 0.529. The summed E-state index contributed by atoms with van der Waals surface area (Å²) in [7, 11) is 0. The Morgan fingerprint density at radius 2 is 2.00 bits per heavy atom. The molecule has 0 aliphatic rings. The molecule has 0 bridgehead atoms. The van der Waals surface area contributed by atoms with Crippen molar-refractivity contribution < 1.29 is 9.59 Å². The van der Waals surface area contributed by atoms with Gasteiger partial charge in [-0.25, -0.2) is 0 Å². The number of carbonyl (C=O) groups is 2. The van der Waals surface area contributed by atoms with Crippen LogP contribution in [0.3, 0.4) is 0 Å². The lowest BCUT2D eigenvalue weighted by Crippen LogP contribution is -2.34. The molecule has 1 aromatic rings. The molecule has 0 heterocycles. The van der Waals surface area contributed by atoms with Crippen molar-refractivity contribution in [2.24, 2.45) is 0 Å². The van der Waals surface area contributed by atoms with Crippen LogP contribution in [0.2, 0.25) is 0 Å². The third-order valence-corrected chi connectivity index (χ3v) is 4.07. The molecule has 1 rings (SSSR count). The highest BCUT2D eigenvalue weighted by Gasteiger charge is 2.15. The van der Waals surface area contributed by atoms with Crippen molar-refractivity contribution in [2.75, 3.05) is 18.0 Å². The lowest BCUT2D eigenvalue weighted by atomic mass is 10.2. The standard InChI is InChI=1S/C17H25BrN2O2/c1-4-5-6-10-19-17(22)9-11-20(14(3)21)16-8-7-13(2)12-15(16)18/h7-8,12H,4-6,9-11H2,1-3H3,(H,19,22). The van der Waals surface area contributed by atoms with Crippen LogP contribution in [0, 0.1) is 6.92 Å². The van der Waals surface area contributed by atoms with Crippen LogP contribution >= 0.6 is 15.9 Å². The number of anilines is 1. The average molecular weight is 369 g/mol. The molecule has 4 nitrogen and oxygen atoms in total. The van der Waals surface area contributed by atoms with Crippen molar-refractivity contribution in [3.63, 3.8) is 0 Å². The van der Waals surface area contributed by atoms with E-state index < -0.39 is 0 Å². The van der Waals surface area contributed by atoms with E-state index in [-0.39, 0.29) is 11.8 Å². The molecule has 0 spiro atoms. The van der Waals surface area contributed by atoms with Gasteiger partial charge >= 0.3 is 0 Å². The molecule has 122 valence electrons. The molecule has 1 N–H and O–H groups in total. The SMILES string of the molecule is CCCCCNC(=O)CCN(C(C)=O)c1ccc(C)cc1Br. The molecule has 0 aromatic heterocycles. The predicted octanol–water partition coefficient (Wildman–Crippen LogP) is 3.81. The number of aryl methyl sites for hydroxylation is 1. The molecule has 1 aromatic carbocycles. The Balaban J connectivity index is 2.58. The number of benzene rings is 1. The van der Waals surface area contributed by atoms with Gasteiger partial charge in [-0.1, -0.05) is 25.8 Å². The molecule has 5 heteroatoms. The largest absolute Gasteiger partial charge is 0.356 e. The Kier molecular flexibility index (Phi) is 8.17. The first kappa shape index (κ1) is 18.7. The molecule has 0 fully saturated rings. The second-order valence-corrected chi connectivity index (χ2v) is 6.29. The summed E-state index contributed by atoms with van der Waals surface area (Å²) in [5, 5.41) is 2.90. The van der Waals surface area contributed by atoms with Gasteiger partial charge in [0.25, 0.3) is 0 Å². The molecule has 22 heavy (non-hydrogen) atoms. The number of amides is 2. The molecular weight excluding hydrogens is 344 g/mol. The van der Waals surface area contributed by atoms with Gasteiger partial charge < -0.3 is 10.2 Å². The molecule has 2 amide bonds. The topological polar surface area (TPSA) is 49.4 Å². The lowest BCUT2D eigenvalue weighted by molar-refractivity contribution is -0.121. The monoisotopic (exact) mass is 368 g/mol. The Bertz CT molecular complexity index is 517. The van der Waals surface area contributed by atoms with E-state index in [1.807, 2.05) is 25.1 Å². The summed E-state index contributed by atoms with van der Waals surface area (Å²) in [6, 6.07) is 5.83. The summed E-state index contributed by atoms with van der Waals surface area (Å²) in [6.07, 6.45) is 3.57. The summed E-state index contributed by atoms with van der Waals surface area (Å²) >= 11 is 3.49. The predicted molar refractivity (Wildman–Crippen MR) is 94.1 cm³/mol. The van der Waals surface area contributed by atoms with Gasteiger partial charge in [-0.05, 0) is 47.0 Å². The van der Waals surface area contributed by atoms with E-state index in [9.17, 15) is 9.59 Å². The number of unbranched alkanes of at least 4 members (excludes halogenated alkanes) is 2. The van der Waals surface area contributed by atoms with E-state index in [1.165, 1.54) is 6.92 Å². The lowest BCUT2D eigenvalue weighted by Gasteiger charge is -2.22. The molecule has 0 aliphatic carbocycles. The minimum Gasteiger partial charge on any atom is -0.356 e. The van der Waals surface area contributed by atoms with Crippen LogP contribution in [0.25, 0.3) is 0 Å². The Morgan fingerprint density at radius 1 is 1.27 bits per heavy atom. The van der Waals surface area contributed by atoms with Crippen LogP contribution in [0.4, 0.5) is 5.69 Å². The highest BCUT2D eigenvalue weighted by molar-refractivity contribution is 9.10. The van der Waals surface area contributed by atoms with Gasteiger partial charge in [0.15, 0.2) is 0 Å². The molecule has 0 atom stereocenters. The van der Waals surface area contributed by atoms with Crippen LogP contribution in [0.5, 0.6) is 0 Å². The average Bonchev–Trinajstić information content (AvgIpc) is 2.45. The zero-order valence-electron chi connectivity index (χ0n) is 13.6. The third kappa shape index (κ3) is 6.18. The molecule has 0 saturated heterocycles. The van der Waals surface area contributed by atoms with Crippen LogP contribution in [-0.2, 0) is 9.59 Å². The van der Waals surface area contributed by atoms with Gasteiger partial charge in [-0.3, -0.25) is 9.59 Å². The van der Waals surface area contributed by atoms with Gasteiger partial charge in [0, 0.05) is 30.9 Å². The quantitative estimate of drug-likeness (QED) is 0.709. The maximum Gasteiger partial charge on any atom is 0.223 e. The first-order valence-electron chi connectivity index (χ1n) is 7.76. The van der Waals surface area contributed by atoms with Crippen molar-refractivity contribution in [2.45, 2.75) is 46.5 Å². The van der Waals surface area contributed by atoms with Gasteiger partial charge in [0.1, 0.15) is 0 Å². The van der Waals surface area contributed by atoms with Crippen molar-refractivity contribution in [1.29, 1.82) is 0 Å². The van der Waals surface area contributed by atoms with Crippen LogP contribution in [0.1, 0.15) is 45.1 Å². The van der Waals surface area contributed by atoms with Crippen molar-refractivity contribution in [3.05, 3.63) is 28.2 Å². The minimum absolute atomic E-state index is 0.00872. The maximum absolute atomic E-state index is 11.9. The Hall–Kier alpha value is -1.36. The normalized spacial score (nSPS) is 10.4. The number of nitrogens with one attached hydrogen (secondary N) is 1. The Labute approximate surface area is 141 Å².